The van der Waals surface area contributed by atoms with E-state index >= 15 is 0 Å². The summed E-state index contributed by atoms with van der Waals surface area (Å²) in [5.41, 5.74) is 2.19. The molecule has 0 aliphatic rings. The maximum absolute atomic E-state index is 12.2. The Morgan fingerprint density at radius 1 is 1.00 bits per heavy atom. The number of likely N-dealkylation sites (N-methyl/N-ethyl adjacent to an activating group) is 1. The molecule has 1 N–H and O–H groups in total. The van der Waals surface area contributed by atoms with E-state index in [4.69, 9.17) is 4.74 Å². The molecule has 0 amide bonds. The molecule has 3 heteroatoms. The van der Waals surface area contributed by atoms with Crippen molar-refractivity contribution in [3.8, 4) is 0 Å². The van der Waals surface area contributed by atoms with Crippen molar-refractivity contribution in [2.75, 3.05) is 13.7 Å². The van der Waals surface area contributed by atoms with Gasteiger partial charge in [-0.3, -0.25) is 4.79 Å². The van der Waals surface area contributed by atoms with Gasteiger partial charge in [-0.05, 0) is 17.7 Å². The molecular weight excluding hydrogens is 262 g/mol. The molecule has 0 saturated carbocycles. The van der Waals surface area contributed by atoms with Crippen LogP contribution in [0.25, 0.3) is 0 Å². The van der Waals surface area contributed by atoms with Crippen LogP contribution < -0.4 is 5.32 Å². The van der Waals surface area contributed by atoms with Crippen molar-refractivity contribution in [2.24, 2.45) is 0 Å². The van der Waals surface area contributed by atoms with Crippen molar-refractivity contribution in [2.45, 2.75) is 18.9 Å². The lowest BCUT2D eigenvalue weighted by atomic mass is 9.85. The second-order valence-electron chi connectivity index (χ2n) is 4.86. The van der Waals surface area contributed by atoms with Crippen molar-refractivity contribution in [1.29, 1.82) is 0 Å². The van der Waals surface area contributed by atoms with Crippen molar-refractivity contribution >= 4 is 5.97 Å². The van der Waals surface area contributed by atoms with Crippen LogP contribution in [-0.4, -0.2) is 25.7 Å². The SMILES string of the molecule is CCNC(C(=O)OC)C(c1ccccc1)c1ccccc1. The molecule has 0 radical (unpaired) electrons. The highest BCUT2D eigenvalue weighted by molar-refractivity contribution is 5.78. The Morgan fingerprint density at radius 2 is 1.48 bits per heavy atom. The number of nitrogens with one attached hydrogen (secondary N) is 1. The number of hydrogen-bond acceptors (Lipinski definition) is 3. The second kappa shape index (κ2) is 7.60. The third-order valence-electron chi connectivity index (χ3n) is 3.53. The molecule has 2 aromatic rings. The van der Waals surface area contributed by atoms with Crippen molar-refractivity contribution in [3.05, 3.63) is 71.8 Å². The summed E-state index contributed by atoms with van der Waals surface area (Å²) in [7, 11) is 1.43. The Bertz CT molecular complexity index is 514. The molecule has 110 valence electrons. The molecule has 0 saturated heterocycles. The molecule has 0 aliphatic carbocycles. The maximum atomic E-state index is 12.2. The maximum Gasteiger partial charge on any atom is 0.323 e. The zero-order valence-electron chi connectivity index (χ0n) is 12.5. The summed E-state index contributed by atoms with van der Waals surface area (Å²) in [4.78, 5) is 12.2. The minimum Gasteiger partial charge on any atom is -0.468 e. The average molecular weight is 283 g/mol. The number of carbonyl (C=O) groups is 1. The zero-order chi connectivity index (χ0) is 15.1. The first-order valence-electron chi connectivity index (χ1n) is 7.19. The quantitative estimate of drug-likeness (QED) is 0.828. The van der Waals surface area contributed by atoms with Gasteiger partial charge in [0.05, 0.1) is 7.11 Å². The zero-order valence-corrected chi connectivity index (χ0v) is 12.5. The van der Waals surface area contributed by atoms with E-state index in [0.717, 1.165) is 11.1 Å². The summed E-state index contributed by atoms with van der Waals surface area (Å²) >= 11 is 0. The molecule has 0 fully saturated rings. The van der Waals surface area contributed by atoms with E-state index in [1.165, 1.54) is 7.11 Å². The van der Waals surface area contributed by atoms with Crippen LogP contribution in [-0.2, 0) is 9.53 Å². The first-order valence-corrected chi connectivity index (χ1v) is 7.19. The van der Waals surface area contributed by atoms with Crippen molar-refractivity contribution in [3.63, 3.8) is 0 Å². The minimum atomic E-state index is -0.398. The predicted molar refractivity (Wildman–Crippen MR) is 84.2 cm³/mol. The number of ether oxygens (including phenoxy) is 1. The van der Waals surface area contributed by atoms with Gasteiger partial charge in [-0.25, -0.2) is 0 Å². The van der Waals surface area contributed by atoms with Crippen molar-refractivity contribution in [1.82, 2.24) is 5.32 Å². The van der Waals surface area contributed by atoms with Crippen LogP contribution in [0.15, 0.2) is 60.7 Å². The second-order valence-corrected chi connectivity index (χ2v) is 4.86. The van der Waals surface area contributed by atoms with E-state index in [1.54, 1.807) is 0 Å². The van der Waals surface area contributed by atoms with Gasteiger partial charge in [0.25, 0.3) is 0 Å². The van der Waals surface area contributed by atoms with Gasteiger partial charge < -0.3 is 10.1 Å². The topological polar surface area (TPSA) is 38.3 Å². The molecule has 1 unspecified atom stereocenters. The van der Waals surface area contributed by atoms with Crippen LogP contribution in [0.1, 0.15) is 24.0 Å². The molecule has 0 aliphatic heterocycles. The van der Waals surface area contributed by atoms with Crippen LogP contribution in [0.2, 0.25) is 0 Å². The molecule has 1 atom stereocenters. The summed E-state index contributed by atoms with van der Waals surface area (Å²) in [5.74, 6) is -0.311. The lowest BCUT2D eigenvalue weighted by Gasteiger charge is -2.26. The average Bonchev–Trinajstić information content (AvgIpc) is 2.55. The third kappa shape index (κ3) is 3.70. The van der Waals surface area contributed by atoms with Gasteiger partial charge >= 0.3 is 5.97 Å². The number of carbonyl (C=O) groups excluding carboxylic acids is 1. The summed E-state index contributed by atoms with van der Waals surface area (Å²) < 4.78 is 4.99. The van der Waals surface area contributed by atoms with Crippen molar-refractivity contribution < 1.29 is 9.53 Å². The Balaban J connectivity index is 2.46. The van der Waals surface area contributed by atoms with E-state index in [0.29, 0.717) is 6.54 Å². The van der Waals surface area contributed by atoms with E-state index in [-0.39, 0.29) is 11.9 Å². The van der Waals surface area contributed by atoms with Crippen LogP contribution in [0, 0.1) is 0 Å². The smallest absolute Gasteiger partial charge is 0.323 e. The number of methoxy groups -OCH3 is 1. The normalized spacial score (nSPS) is 12.1. The molecular formula is C18H21NO2. The van der Waals surface area contributed by atoms with Gasteiger partial charge in [0, 0.05) is 5.92 Å². The largest absolute Gasteiger partial charge is 0.468 e. The van der Waals surface area contributed by atoms with E-state index in [9.17, 15) is 4.79 Å². The molecule has 2 rings (SSSR count). The summed E-state index contributed by atoms with van der Waals surface area (Å²) in [6, 6.07) is 19.7. The molecule has 2 aromatic carbocycles. The fourth-order valence-electron chi connectivity index (χ4n) is 2.58. The monoisotopic (exact) mass is 283 g/mol. The van der Waals surface area contributed by atoms with E-state index in [2.05, 4.69) is 5.32 Å². The first kappa shape index (κ1) is 15.3. The Hall–Kier alpha value is -2.13. The lowest BCUT2D eigenvalue weighted by molar-refractivity contribution is -0.143. The summed E-state index contributed by atoms with van der Waals surface area (Å²) in [6.07, 6.45) is 0. The van der Waals surface area contributed by atoms with Crippen LogP contribution in [0.4, 0.5) is 0 Å². The highest BCUT2D eigenvalue weighted by atomic mass is 16.5. The van der Waals surface area contributed by atoms with Crippen LogP contribution in [0.3, 0.4) is 0 Å². The highest BCUT2D eigenvalue weighted by Crippen LogP contribution is 2.28. The summed E-state index contributed by atoms with van der Waals surface area (Å²) in [5, 5.41) is 3.26. The van der Waals surface area contributed by atoms with Gasteiger partial charge in [-0.2, -0.15) is 0 Å². The number of benzene rings is 2. The fourth-order valence-corrected chi connectivity index (χ4v) is 2.58. The standard InChI is InChI=1S/C18H21NO2/c1-3-19-17(18(20)21-2)16(14-10-6-4-7-11-14)15-12-8-5-9-13-15/h4-13,16-17,19H,3H2,1-2H3. The van der Waals surface area contributed by atoms with E-state index < -0.39 is 6.04 Å². The number of rotatable bonds is 6. The van der Waals surface area contributed by atoms with Gasteiger partial charge in [-0.15, -0.1) is 0 Å². The molecule has 3 nitrogen and oxygen atoms in total. The molecule has 0 aromatic heterocycles. The molecule has 0 bridgehead atoms. The van der Waals surface area contributed by atoms with E-state index in [1.807, 2.05) is 67.6 Å². The predicted octanol–water partition coefficient (Wildman–Crippen LogP) is 2.97. The molecule has 0 spiro atoms. The fraction of sp³-hybridized carbons (Fsp3) is 0.278. The van der Waals surface area contributed by atoms with Crippen LogP contribution in [0.5, 0.6) is 0 Å². The molecule has 0 heterocycles. The Labute approximate surface area is 126 Å². The highest BCUT2D eigenvalue weighted by Gasteiger charge is 2.30. The van der Waals surface area contributed by atoms with Crippen LogP contribution >= 0.6 is 0 Å². The van der Waals surface area contributed by atoms with Gasteiger partial charge in [-0.1, -0.05) is 67.6 Å². The Kier molecular flexibility index (Phi) is 5.52. The van der Waals surface area contributed by atoms with Gasteiger partial charge in [0.1, 0.15) is 6.04 Å². The molecule has 21 heavy (non-hydrogen) atoms. The number of esters is 1. The van der Waals surface area contributed by atoms with Gasteiger partial charge in [0.2, 0.25) is 0 Å². The third-order valence-corrected chi connectivity index (χ3v) is 3.53. The number of hydrogen-bond donors (Lipinski definition) is 1. The first-order chi connectivity index (χ1) is 10.3. The minimum absolute atomic E-state index is 0.0696. The lowest BCUT2D eigenvalue weighted by Crippen LogP contribution is -2.42. The Morgan fingerprint density at radius 3 is 1.86 bits per heavy atom. The summed E-state index contributed by atoms with van der Waals surface area (Å²) in [6.45, 7) is 2.69. The van der Waals surface area contributed by atoms with Gasteiger partial charge in [0.15, 0.2) is 0 Å².